The number of amides is 1. The predicted octanol–water partition coefficient (Wildman–Crippen LogP) is 5.38. The van der Waals surface area contributed by atoms with Gasteiger partial charge in [0.25, 0.3) is 5.91 Å². The normalized spacial score (nSPS) is 15.0. The van der Waals surface area contributed by atoms with E-state index in [1.807, 2.05) is 0 Å². The number of carbonyl (C=O) groups excluding carboxylic acids is 2. The minimum Gasteiger partial charge on any atom is -0.504 e. The number of aromatic hydroxyl groups is 1. The summed E-state index contributed by atoms with van der Waals surface area (Å²) >= 11 is 4.46. The van der Waals surface area contributed by atoms with Crippen LogP contribution in [0.4, 0.5) is 5.13 Å². The molecule has 1 aliphatic rings. The van der Waals surface area contributed by atoms with E-state index >= 15 is 0 Å². The van der Waals surface area contributed by atoms with Crippen LogP contribution in [-0.2, 0) is 0 Å². The fraction of sp³-hybridized carbons (Fsp3) is 0.200. The maximum Gasteiger partial charge on any atom is 0.297 e. The minimum absolute atomic E-state index is 0.0647. The number of hydrogen-bond acceptors (Lipinski definition) is 8. The Morgan fingerprint density at radius 2 is 2.03 bits per heavy atom. The van der Waals surface area contributed by atoms with E-state index in [1.165, 1.54) is 17.9 Å². The lowest BCUT2D eigenvalue weighted by molar-refractivity contribution is 0.0969. The van der Waals surface area contributed by atoms with Crippen molar-refractivity contribution in [3.8, 4) is 11.5 Å². The molecule has 35 heavy (non-hydrogen) atoms. The summed E-state index contributed by atoms with van der Waals surface area (Å²) in [6, 6.07) is 8.77. The first kappa shape index (κ1) is 23.3. The first-order chi connectivity index (χ1) is 16.7. The number of aromatic nitrogens is 1. The van der Waals surface area contributed by atoms with Crippen LogP contribution in [-0.4, -0.2) is 28.4 Å². The quantitative estimate of drug-likeness (QED) is 0.330. The van der Waals surface area contributed by atoms with Crippen molar-refractivity contribution in [2.45, 2.75) is 26.8 Å². The first-order valence-corrected chi connectivity index (χ1v) is 12.4. The Morgan fingerprint density at radius 1 is 1.26 bits per heavy atom. The first-order valence-electron chi connectivity index (χ1n) is 10.7. The van der Waals surface area contributed by atoms with Crippen molar-refractivity contribution >= 4 is 55.1 Å². The molecule has 0 saturated heterocycles. The third-order valence-corrected chi connectivity index (χ3v) is 7.49. The van der Waals surface area contributed by atoms with Crippen molar-refractivity contribution in [2.24, 2.45) is 0 Å². The second-order valence-electron chi connectivity index (χ2n) is 8.02. The van der Waals surface area contributed by atoms with E-state index in [0.29, 0.717) is 32.6 Å². The molecule has 1 unspecified atom stereocenters. The molecule has 0 radical (unpaired) electrons. The van der Waals surface area contributed by atoms with E-state index in [0.717, 1.165) is 11.3 Å². The van der Waals surface area contributed by atoms with Gasteiger partial charge in [-0.25, -0.2) is 4.98 Å². The standard InChI is InChI=1S/C25H19BrN2O6S/c1-4-33-18-9-13(5-7-16(18)30)20-19-21(31)15-10-14(26)6-8-17(15)34-22(19)24(32)28(20)25-27-11(2)23(35-25)12(3)29/h5-10,20,30H,4H2,1-3H3. The fourth-order valence-electron chi connectivity index (χ4n) is 4.24. The summed E-state index contributed by atoms with van der Waals surface area (Å²) in [5.41, 5.74) is 1.11. The molecule has 4 aromatic rings. The molecule has 3 heterocycles. The monoisotopic (exact) mass is 554 g/mol. The van der Waals surface area contributed by atoms with Crippen LogP contribution < -0.4 is 15.1 Å². The molecule has 5 rings (SSSR count). The van der Waals surface area contributed by atoms with Crippen LogP contribution in [0.15, 0.2) is 50.1 Å². The topological polar surface area (TPSA) is 110 Å². The van der Waals surface area contributed by atoms with Gasteiger partial charge in [0.1, 0.15) is 5.58 Å². The van der Waals surface area contributed by atoms with Crippen LogP contribution in [0.3, 0.4) is 0 Å². The Morgan fingerprint density at radius 3 is 2.71 bits per heavy atom. The molecule has 0 spiro atoms. The van der Waals surface area contributed by atoms with Crippen molar-refractivity contribution in [1.29, 1.82) is 0 Å². The van der Waals surface area contributed by atoms with Gasteiger partial charge in [-0.3, -0.25) is 19.3 Å². The minimum atomic E-state index is -0.901. The second-order valence-corrected chi connectivity index (χ2v) is 9.91. The molecule has 1 aliphatic heterocycles. The van der Waals surface area contributed by atoms with Crippen LogP contribution in [0.25, 0.3) is 11.0 Å². The number of phenols is 1. The van der Waals surface area contributed by atoms with Crippen molar-refractivity contribution in [1.82, 2.24) is 4.98 Å². The number of hydrogen-bond donors (Lipinski definition) is 1. The van der Waals surface area contributed by atoms with E-state index in [9.17, 15) is 19.5 Å². The number of ketones is 1. The number of carbonyl (C=O) groups is 2. The van der Waals surface area contributed by atoms with Crippen LogP contribution >= 0.6 is 27.3 Å². The molecule has 178 valence electrons. The fourth-order valence-corrected chi connectivity index (χ4v) is 5.59. The second kappa shape index (κ2) is 8.62. The molecule has 8 nitrogen and oxygen atoms in total. The van der Waals surface area contributed by atoms with Gasteiger partial charge in [-0.2, -0.15) is 0 Å². The van der Waals surface area contributed by atoms with Gasteiger partial charge in [-0.1, -0.05) is 33.3 Å². The van der Waals surface area contributed by atoms with Crippen molar-refractivity contribution in [3.05, 3.63) is 78.6 Å². The molecular weight excluding hydrogens is 536 g/mol. The van der Waals surface area contributed by atoms with Crippen molar-refractivity contribution in [2.75, 3.05) is 11.5 Å². The number of benzene rings is 2. The molecular formula is C25H19BrN2O6S. The number of fused-ring (bicyclic) bond motifs is 2. The zero-order valence-electron chi connectivity index (χ0n) is 18.9. The van der Waals surface area contributed by atoms with E-state index in [2.05, 4.69) is 20.9 Å². The molecule has 10 heteroatoms. The third kappa shape index (κ3) is 3.73. The molecule has 0 saturated carbocycles. The predicted molar refractivity (Wildman–Crippen MR) is 135 cm³/mol. The summed E-state index contributed by atoms with van der Waals surface area (Å²) in [6.07, 6.45) is 0. The van der Waals surface area contributed by atoms with Crippen LogP contribution in [0.5, 0.6) is 11.5 Å². The highest BCUT2D eigenvalue weighted by molar-refractivity contribution is 9.10. The highest BCUT2D eigenvalue weighted by Gasteiger charge is 2.45. The average molecular weight is 555 g/mol. The van der Waals surface area contributed by atoms with Crippen LogP contribution in [0.1, 0.15) is 56.9 Å². The lowest BCUT2D eigenvalue weighted by atomic mass is 9.98. The molecule has 0 fully saturated rings. The van der Waals surface area contributed by atoms with Crippen LogP contribution in [0.2, 0.25) is 0 Å². The Balaban J connectivity index is 1.80. The molecule has 2 aromatic heterocycles. The van der Waals surface area contributed by atoms with Gasteiger partial charge in [-0.15, -0.1) is 0 Å². The van der Waals surface area contributed by atoms with Crippen LogP contribution in [0, 0.1) is 6.92 Å². The van der Waals surface area contributed by atoms with E-state index < -0.39 is 11.9 Å². The third-order valence-electron chi connectivity index (χ3n) is 5.74. The van der Waals surface area contributed by atoms with Gasteiger partial charge in [0.2, 0.25) is 5.76 Å². The van der Waals surface area contributed by atoms with E-state index in [-0.39, 0.29) is 44.7 Å². The van der Waals surface area contributed by atoms with Gasteiger partial charge in [0, 0.05) is 11.4 Å². The van der Waals surface area contributed by atoms with Gasteiger partial charge < -0.3 is 14.3 Å². The number of ether oxygens (including phenoxy) is 1. The SMILES string of the molecule is CCOc1cc(C2c3c(oc4ccc(Br)cc4c3=O)C(=O)N2c2nc(C)c(C(C)=O)s2)ccc1O. The smallest absolute Gasteiger partial charge is 0.297 e. The van der Waals surface area contributed by atoms with Gasteiger partial charge in [0.15, 0.2) is 27.8 Å². The number of phenolic OH excluding ortho intramolecular Hbond substituents is 1. The number of aryl methyl sites for hydroxylation is 1. The highest BCUT2D eigenvalue weighted by atomic mass is 79.9. The maximum absolute atomic E-state index is 13.7. The van der Waals surface area contributed by atoms with Gasteiger partial charge in [0.05, 0.1) is 34.2 Å². The number of halogens is 1. The molecule has 1 N–H and O–H groups in total. The molecule has 2 aromatic carbocycles. The number of nitrogens with zero attached hydrogens (tertiary/aromatic N) is 2. The Labute approximate surface area is 211 Å². The van der Waals surface area contributed by atoms with Crippen molar-refractivity contribution < 1.29 is 23.8 Å². The van der Waals surface area contributed by atoms with Gasteiger partial charge in [-0.05, 0) is 49.7 Å². The molecule has 1 amide bonds. The Hall–Kier alpha value is -3.50. The number of rotatable bonds is 5. The van der Waals surface area contributed by atoms with E-state index in [1.54, 1.807) is 44.2 Å². The molecule has 0 bridgehead atoms. The summed E-state index contributed by atoms with van der Waals surface area (Å²) in [5.74, 6) is -0.636. The Kier molecular flexibility index (Phi) is 5.72. The van der Waals surface area contributed by atoms with Gasteiger partial charge >= 0.3 is 0 Å². The molecule has 1 atom stereocenters. The zero-order valence-corrected chi connectivity index (χ0v) is 21.3. The van der Waals surface area contributed by atoms with Crippen molar-refractivity contribution in [3.63, 3.8) is 0 Å². The zero-order chi connectivity index (χ0) is 25.0. The summed E-state index contributed by atoms with van der Waals surface area (Å²) in [4.78, 5) is 45.8. The lowest BCUT2D eigenvalue weighted by Gasteiger charge is -2.23. The molecule has 0 aliphatic carbocycles. The summed E-state index contributed by atoms with van der Waals surface area (Å²) < 4.78 is 12.2. The summed E-state index contributed by atoms with van der Waals surface area (Å²) in [6.45, 7) is 5.23. The average Bonchev–Trinajstić information content (AvgIpc) is 3.34. The Bertz CT molecular complexity index is 1590. The number of Topliss-reactive ketones (excluding diaryl/α,β-unsaturated/α-hetero) is 1. The van der Waals surface area contributed by atoms with E-state index in [4.69, 9.17) is 9.15 Å². The summed E-state index contributed by atoms with van der Waals surface area (Å²) in [7, 11) is 0. The number of anilines is 1. The lowest BCUT2D eigenvalue weighted by Crippen LogP contribution is -2.29. The maximum atomic E-state index is 13.7. The largest absolute Gasteiger partial charge is 0.504 e. The summed E-state index contributed by atoms with van der Waals surface area (Å²) in [5, 5.41) is 10.8. The highest BCUT2D eigenvalue weighted by Crippen LogP contribution is 2.44. The number of thiazole rings is 1.